The number of halogens is 3. The third-order valence-corrected chi connectivity index (χ3v) is 9.30. The summed E-state index contributed by atoms with van der Waals surface area (Å²) in [7, 11) is 1.34. The number of benzene rings is 2. The van der Waals surface area contributed by atoms with Gasteiger partial charge in [0.15, 0.2) is 5.75 Å². The highest BCUT2D eigenvalue weighted by Gasteiger charge is 2.57. The van der Waals surface area contributed by atoms with Gasteiger partial charge < -0.3 is 25.2 Å². The van der Waals surface area contributed by atoms with Gasteiger partial charge in [-0.25, -0.2) is 0 Å². The summed E-state index contributed by atoms with van der Waals surface area (Å²) in [6, 6.07) is 13.2. The van der Waals surface area contributed by atoms with Crippen LogP contribution in [-0.2, 0) is 19.2 Å². The zero-order valence-electron chi connectivity index (χ0n) is 25.2. The number of fused-ring (bicyclic) bond motifs is 1. The average molecular weight is 638 g/mol. The molecule has 242 valence electrons. The van der Waals surface area contributed by atoms with E-state index in [1.165, 1.54) is 11.9 Å². The van der Waals surface area contributed by atoms with E-state index in [9.17, 15) is 37.6 Å². The number of amides is 4. The van der Waals surface area contributed by atoms with Crippen LogP contribution in [0.3, 0.4) is 0 Å². The number of nitriles is 1. The predicted molar refractivity (Wildman–Crippen MR) is 159 cm³/mol. The molecule has 13 heteroatoms. The molecule has 2 aromatic carbocycles. The van der Waals surface area contributed by atoms with E-state index >= 15 is 0 Å². The highest BCUT2D eigenvalue weighted by molar-refractivity contribution is 6.04. The SMILES string of the molecule is CN(C(=O)[C@H](CC1CC1)NC(=O)C(F)(F)F)[C@@H](CC1CC1)C(=O)N1C[C@@]2(C[C@H]1C#N)Oc1c(cccc1-c1ccccc1)NC2=O. The summed E-state index contributed by atoms with van der Waals surface area (Å²) in [6.45, 7) is -0.266. The number of anilines is 1. The smallest absolute Gasteiger partial charge is 0.471 e. The number of rotatable bonds is 9. The fourth-order valence-corrected chi connectivity index (χ4v) is 6.36. The molecule has 0 radical (unpaired) electrons. The van der Waals surface area contributed by atoms with Crippen LogP contribution in [0.4, 0.5) is 18.9 Å². The third kappa shape index (κ3) is 6.25. The Hall–Kier alpha value is -4.60. The molecule has 6 rings (SSSR count). The zero-order valence-corrected chi connectivity index (χ0v) is 25.2. The number of nitrogens with one attached hydrogen (secondary N) is 2. The Labute approximate surface area is 263 Å². The van der Waals surface area contributed by atoms with Crippen molar-refractivity contribution in [3.8, 4) is 22.9 Å². The number of carbonyl (C=O) groups is 4. The van der Waals surface area contributed by atoms with Crippen LogP contribution in [0, 0.1) is 23.2 Å². The van der Waals surface area contributed by atoms with E-state index in [2.05, 4.69) is 11.4 Å². The van der Waals surface area contributed by atoms with Crippen molar-refractivity contribution < 1.29 is 37.1 Å². The highest BCUT2D eigenvalue weighted by Crippen LogP contribution is 2.46. The Kier molecular flexibility index (Phi) is 8.16. The number of nitrogens with zero attached hydrogens (tertiary/aromatic N) is 3. The lowest BCUT2D eigenvalue weighted by molar-refractivity contribution is -0.175. The minimum Gasteiger partial charge on any atom is -0.473 e. The van der Waals surface area contributed by atoms with Gasteiger partial charge in [-0.15, -0.1) is 0 Å². The summed E-state index contributed by atoms with van der Waals surface area (Å²) in [5.41, 5.74) is 0.428. The first-order valence-corrected chi connectivity index (χ1v) is 15.4. The lowest BCUT2D eigenvalue weighted by atomic mass is 9.95. The number of para-hydroxylation sites is 1. The minimum atomic E-state index is -5.17. The zero-order chi connectivity index (χ0) is 32.8. The van der Waals surface area contributed by atoms with Crippen molar-refractivity contribution in [3.63, 3.8) is 0 Å². The number of likely N-dealkylation sites (N-methyl/N-ethyl adjacent to an activating group) is 1. The van der Waals surface area contributed by atoms with Gasteiger partial charge in [-0.2, -0.15) is 18.4 Å². The molecule has 46 heavy (non-hydrogen) atoms. The Bertz CT molecular complexity index is 1590. The van der Waals surface area contributed by atoms with Gasteiger partial charge >= 0.3 is 12.1 Å². The van der Waals surface area contributed by atoms with Gasteiger partial charge in [-0.05, 0) is 36.3 Å². The molecule has 0 bridgehead atoms. The molecule has 2 aliphatic heterocycles. The molecule has 0 aromatic heterocycles. The van der Waals surface area contributed by atoms with Crippen molar-refractivity contribution in [3.05, 3.63) is 48.5 Å². The lowest BCUT2D eigenvalue weighted by Gasteiger charge is -2.36. The fraction of sp³-hybridized carbons (Fsp3) is 0.485. The number of carbonyl (C=O) groups excluding carboxylic acids is 4. The Balaban J connectivity index is 1.26. The summed E-state index contributed by atoms with van der Waals surface area (Å²) in [6.07, 6.45) is -1.93. The van der Waals surface area contributed by atoms with Gasteiger partial charge in [-0.3, -0.25) is 19.2 Å². The van der Waals surface area contributed by atoms with Crippen molar-refractivity contribution >= 4 is 29.3 Å². The topological polar surface area (TPSA) is 132 Å². The summed E-state index contributed by atoms with van der Waals surface area (Å²) < 4.78 is 45.8. The molecular formula is C33H34F3N5O5. The molecule has 4 aliphatic rings. The maximum Gasteiger partial charge on any atom is 0.471 e. The van der Waals surface area contributed by atoms with Crippen LogP contribution in [0.2, 0.25) is 0 Å². The molecule has 3 fully saturated rings. The van der Waals surface area contributed by atoms with Crippen molar-refractivity contribution in [1.82, 2.24) is 15.1 Å². The number of alkyl halides is 3. The molecule has 4 amide bonds. The number of hydrogen-bond donors (Lipinski definition) is 2. The van der Waals surface area contributed by atoms with Crippen LogP contribution in [0.25, 0.3) is 11.1 Å². The van der Waals surface area contributed by atoms with Crippen LogP contribution in [0.15, 0.2) is 48.5 Å². The van der Waals surface area contributed by atoms with E-state index in [0.29, 0.717) is 11.4 Å². The summed E-state index contributed by atoms with van der Waals surface area (Å²) in [5.74, 6) is -3.61. The maximum atomic E-state index is 14.3. The summed E-state index contributed by atoms with van der Waals surface area (Å²) in [4.78, 5) is 55.6. The van der Waals surface area contributed by atoms with Crippen LogP contribution in [0.5, 0.6) is 5.75 Å². The summed E-state index contributed by atoms with van der Waals surface area (Å²) in [5, 5.41) is 14.9. The number of likely N-dealkylation sites (tertiary alicyclic amines) is 1. The predicted octanol–water partition coefficient (Wildman–Crippen LogP) is 4.02. The first-order chi connectivity index (χ1) is 21.9. The van der Waals surface area contributed by atoms with Crippen LogP contribution in [-0.4, -0.2) is 76.9 Å². The molecule has 0 unspecified atom stereocenters. The molecule has 2 N–H and O–H groups in total. The second-order valence-corrected chi connectivity index (χ2v) is 12.8. The molecule has 1 saturated heterocycles. The number of ether oxygens (including phenoxy) is 1. The third-order valence-electron chi connectivity index (χ3n) is 9.30. The molecule has 2 aromatic rings. The largest absolute Gasteiger partial charge is 0.473 e. The Morgan fingerprint density at radius 3 is 2.39 bits per heavy atom. The molecule has 4 atom stereocenters. The quantitative estimate of drug-likeness (QED) is 0.427. The van der Waals surface area contributed by atoms with Gasteiger partial charge in [0.1, 0.15) is 18.1 Å². The van der Waals surface area contributed by atoms with E-state index < -0.39 is 53.5 Å². The van der Waals surface area contributed by atoms with Crippen molar-refractivity contribution in [1.29, 1.82) is 5.26 Å². The monoisotopic (exact) mass is 637 g/mol. The minimum absolute atomic E-state index is 0.000458. The van der Waals surface area contributed by atoms with Gasteiger partial charge in [-0.1, -0.05) is 68.1 Å². The van der Waals surface area contributed by atoms with E-state index in [-0.39, 0.29) is 37.6 Å². The van der Waals surface area contributed by atoms with Gasteiger partial charge in [0.25, 0.3) is 5.91 Å². The lowest BCUT2D eigenvalue weighted by Crippen LogP contribution is -2.58. The maximum absolute atomic E-state index is 14.3. The van der Waals surface area contributed by atoms with Crippen molar-refractivity contribution in [2.24, 2.45) is 11.8 Å². The highest BCUT2D eigenvalue weighted by atomic mass is 19.4. The van der Waals surface area contributed by atoms with Gasteiger partial charge in [0.2, 0.25) is 17.4 Å². The normalized spacial score (nSPS) is 23.4. The van der Waals surface area contributed by atoms with E-state index in [0.717, 1.165) is 41.7 Å². The second kappa shape index (κ2) is 12.0. The number of hydrogen-bond acceptors (Lipinski definition) is 6. The van der Waals surface area contributed by atoms with Crippen LogP contribution in [0.1, 0.15) is 44.9 Å². The van der Waals surface area contributed by atoms with Gasteiger partial charge in [0.05, 0.1) is 18.3 Å². The Morgan fingerprint density at radius 2 is 1.76 bits per heavy atom. The molecule has 2 heterocycles. The van der Waals surface area contributed by atoms with E-state index in [1.54, 1.807) is 12.1 Å². The van der Waals surface area contributed by atoms with Crippen LogP contribution < -0.4 is 15.4 Å². The Morgan fingerprint density at radius 1 is 1.09 bits per heavy atom. The summed E-state index contributed by atoms with van der Waals surface area (Å²) >= 11 is 0. The molecular weight excluding hydrogens is 603 g/mol. The standard InChI is InChI=1S/C33H34F3N5O5/c1-40(28(42)25(14-19-10-11-19)39-31(45)33(34,35)36)26(15-20-12-13-20)29(43)41-18-32(16-22(41)17-37)30(44)38-24-9-5-8-23(27(24)46-32)21-6-3-2-4-7-21/h2-9,19-20,22,25-26H,10-16,18H2,1H3,(H,38,44)(H,39,45)/t22-,25-,26-,32+/m0/s1. The van der Waals surface area contributed by atoms with Crippen LogP contribution >= 0.6 is 0 Å². The first kappa shape index (κ1) is 31.4. The second-order valence-electron chi connectivity index (χ2n) is 12.8. The van der Waals surface area contributed by atoms with Crippen molar-refractivity contribution in [2.75, 3.05) is 18.9 Å². The molecule has 2 aliphatic carbocycles. The van der Waals surface area contributed by atoms with E-state index in [4.69, 9.17) is 4.74 Å². The van der Waals surface area contributed by atoms with Gasteiger partial charge in [0, 0.05) is 19.0 Å². The average Bonchev–Trinajstić information content (AvgIpc) is 3.98. The van der Waals surface area contributed by atoms with E-state index in [1.807, 2.05) is 41.7 Å². The molecule has 2 saturated carbocycles. The molecule has 10 nitrogen and oxygen atoms in total. The first-order valence-electron chi connectivity index (χ1n) is 15.4. The molecule has 1 spiro atoms. The fourth-order valence-electron chi connectivity index (χ4n) is 6.36. The van der Waals surface area contributed by atoms with Crippen molar-refractivity contribution in [2.45, 2.75) is 74.8 Å².